The molecule has 46 heavy (non-hydrogen) atoms. The third-order valence-electron chi connectivity index (χ3n) is 7.83. The Kier molecular flexibility index (Phi) is 29.0. The smallest absolute Gasteiger partial charge is 0.268 e. The molecular formula is C37H71N2O6P. The summed E-state index contributed by atoms with van der Waals surface area (Å²) >= 11 is 0. The van der Waals surface area contributed by atoms with Crippen LogP contribution >= 0.6 is 7.82 Å². The Morgan fingerprint density at radius 3 is 1.76 bits per heavy atom. The molecule has 0 saturated carbocycles. The number of aliphatic hydroxyl groups excluding tert-OH is 1. The Morgan fingerprint density at radius 2 is 1.22 bits per heavy atom. The second kappa shape index (κ2) is 29.8. The summed E-state index contributed by atoms with van der Waals surface area (Å²) in [7, 11) is 1.22. The summed E-state index contributed by atoms with van der Waals surface area (Å²) in [5.41, 5.74) is 0. The van der Waals surface area contributed by atoms with Gasteiger partial charge in [-0.15, -0.1) is 0 Å². The molecule has 0 spiro atoms. The number of rotatable bonds is 32. The van der Waals surface area contributed by atoms with Crippen LogP contribution in [0.5, 0.6) is 0 Å². The van der Waals surface area contributed by atoms with E-state index in [0.29, 0.717) is 17.4 Å². The van der Waals surface area contributed by atoms with Crippen molar-refractivity contribution >= 4 is 13.7 Å². The molecule has 0 fully saturated rings. The summed E-state index contributed by atoms with van der Waals surface area (Å²) in [5.74, 6) is -0.239. The number of nitrogens with one attached hydrogen (secondary N) is 1. The van der Waals surface area contributed by atoms with Crippen molar-refractivity contribution in [3.63, 3.8) is 0 Å². The van der Waals surface area contributed by atoms with E-state index in [0.717, 1.165) is 44.9 Å². The Bertz CT molecular complexity index is 855. The number of quaternary nitrogens is 1. The van der Waals surface area contributed by atoms with Crippen LogP contribution in [0, 0.1) is 0 Å². The van der Waals surface area contributed by atoms with Crippen molar-refractivity contribution < 1.29 is 32.9 Å². The number of hydrogen-bond acceptors (Lipinski definition) is 6. The van der Waals surface area contributed by atoms with Crippen LogP contribution in [0.15, 0.2) is 36.5 Å². The molecule has 1 amide bonds. The quantitative estimate of drug-likeness (QED) is 0.0321. The van der Waals surface area contributed by atoms with Gasteiger partial charge in [-0.3, -0.25) is 9.36 Å². The number of aliphatic hydroxyl groups is 1. The summed E-state index contributed by atoms with van der Waals surface area (Å²) < 4.78 is 22.8. The van der Waals surface area contributed by atoms with E-state index in [2.05, 4.69) is 43.5 Å². The molecule has 0 aliphatic carbocycles. The number of amides is 1. The fourth-order valence-corrected chi connectivity index (χ4v) is 5.55. The van der Waals surface area contributed by atoms with E-state index < -0.39 is 26.6 Å². The van der Waals surface area contributed by atoms with Crippen molar-refractivity contribution in [1.82, 2.24) is 5.32 Å². The first-order chi connectivity index (χ1) is 22.0. The van der Waals surface area contributed by atoms with Crippen molar-refractivity contribution in [3.8, 4) is 0 Å². The third kappa shape index (κ3) is 31.3. The van der Waals surface area contributed by atoms with Crippen LogP contribution < -0.4 is 10.2 Å². The first kappa shape index (κ1) is 44.7. The van der Waals surface area contributed by atoms with Crippen LogP contribution in [-0.2, 0) is 18.4 Å². The number of phosphoric ester groups is 1. The average Bonchev–Trinajstić information content (AvgIpc) is 2.99. The van der Waals surface area contributed by atoms with Gasteiger partial charge >= 0.3 is 0 Å². The zero-order valence-electron chi connectivity index (χ0n) is 30.3. The zero-order chi connectivity index (χ0) is 34.4. The summed E-state index contributed by atoms with van der Waals surface area (Å²) in [6.07, 6.45) is 34.2. The molecule has 0 aromatic carbocycles. The van der Waals surface area contributed by atoms with Crippen molar-refractivity contribution in [2.24, 2.45) is 0 Å². The molecule has 0 aliphatic rings. The lowest BCUT2D eigenvalue weighted by Gasteiger charge is -2.29. The molecule has 0 aliphatic heterocycles. The normalized spacial score (nSPS) is 15.2. The van der Waals surface area contributed by atoms with Crippen LogP contribution in [0.1, 0.15) is 142 Å². The highest BCUT2D eigenvalue weighted by molar-refractivity contribution is 7.45. The van der Waals surface area contributed by atoms with Gasteiger partial charge in [0.2, 0.25) is 5.91 Å². The maximum absolute atomic E-state index is 12.4. The Morgan fingerprint density at radius 1 is 0.739 bits per heavy atom. The van der Waals surface area contributed by atoms with E-state index in [1.54, 1.807) is 6.08 Å². The summed E-state index contributed by atoms with van der Waals surface area (Å²) in [6, 6.07) is -0.901. The number of hydrogen-bond donors (Lipinski definition) is 2. The zero-order valence-corrected chi connectivity index (χ0v) is 31.2. The highest BCUT2D eigenvalue weighted by Gasteiger charge is 2.23. The molecule has 0 aromatic rings. The van der Waals surface area contributed by atoms with Gasteiger partial charge in [-0.2, -0.15) is 0 Å². The molecule has 2 N–H and O–H groups in total. The van der Waals surface area contributed by atoms with E-state index in [4.69, 9.17) is 9.05 Å². The number of nitrogens with zero attached hydrogens (tertiary/aromatic N) is 1. The minimum Gasteiger partial charge on any atom is -0.756 e. The first-order valence-corrected chi connectivity index (χ1v) is 19.8. The molecule has 0 radical (unpaired) electrons. The predicted octanol–water partition coefficient (Wildman–Crippen LogP) is 8.55. The van der Waals surface area contributed by atoms with Gasteiger partial charge in [-0.1, -0.05) is 127 Å². The lowest BCUT2D eigenvalue weighted by atomic mass is 10.1. The Balaban J connectivity index is 4.29. The molecule has 0 rings (SSSR count). The van der Waals surface area contributed by atoms with Crippen LogP contribution in [0.25, 0.3) is 0 Å². The molecular weight excluding hydrogens is 599 g/mol. The average molecular weight is 671 g/mol. The molecule has 0 bridgehead atoms. The van der Waals surface area contributed by atoms with Crippen molar-refractivity contribution in [1.29, 1.82) is 0 Å². The fraction of sp³-hybridized carbons (Fsp3) is 0.811. The molecule has 0 saturated heterocycles. The standard InChI is InChI=1S/C37H71N2O6P/c1-6-8-10-11-12-13-14-15-16-17-18-19-20-21-22-23-24-25-26-27-29-30-36(40)35(38-37(41)31-28-9-7-2)34-45-46(42,43)44-33-32-39(3,4)5/h20-21,24-25,29-30,35-36,40H,6-19,22-23,26-28,31-34H2,1-5H3,(H-,38,41,42,43)/b21-20+,25-24+,30-29+. The lowest BCUT2D eigenvalue weighted by molar-refractivity contribution is -0.870. The predicted molar refractivity (Wildman–Crippen MR) is 191 cm³/mol. The van der Waals surface area contributed by atoms with Gasteiger partial charge in [0.15, 0.2) is 0 Å². The molecule has 270 valence electrons. The monoisotopic (exact) mass is 671 g/mol. The highest BCUT2D eigenvalue weighted by Crippen LogP contribution is 2.38. The van der Waals surface area contributed by atoms with Crippen LogP contribution in [0.3, 0.4) is 0 Å². The largest absolute Gasteiger partial charge is 0.756 e. The molecule has 3 atom stereocenters. The minimum atomic E-state index is -4.57. The second-order valence-corrected chi connectivity index (χ2v) is 15.0. The fourth-order valence-electron chi connectivity index (χ4n) is 4.83. The summed E-state index contributed by atoms with van der Waals surface area (Å²) in [4.78, 5) is 24.7. The second-order valence-electron chi connectivity index (χ2n) is 13.6. The first-order valence-electron chi connectivity index (χ1n) is 18.4. The van der Waals surface area contributed by atoms with E-state index in [1.165, 1.54) is 77.0 Å². The topological polar surface area (TPSA) is 108 Å². The molecule has 3 unspecified atom stereocenters. The number of likely N-dealkylation sites (N-methyl/N-ethyl adjacent to an activating group) is 1. The van der Waals surface area contributed by atoms with Gasteiger partial charge in [0.1, 0.15) is 13.2 Å². The van der Waals surface area contributed by atoms with Gasteiger partial charge in [0, 0.05) is 6.42 Å². The van der Waals surface area contributed by atoms with Gasteiger partial charge in [-0.05, 0) is 44.9 Å². The van der Waals surface area contributed by atoms with Crippen LogP contribution in [0.2, 0.25) is 0 Å². The molecule has 0 aromatic heterocycles. The highest BCUT2D eigenvalue weighted by atomic mass is 31.2. The number of carbonyl (C=O) groups excluding carboxylic acids is 1. The number of carbonyl (C=O) groups is 1. The number of unbranched alkanes of at least 4 members (excludes halogenated alkanes) is 15. The van der Waals surface area contributed by atoms with Gasteiger partial charge in [0.05, 0.1) is 39.9 Å². The van der Waals surface area contributed by atoms with Crippen molar-refractivity contribution in [2.45, 2.75) is 154 Å². The van der Waals surface area contributed by atoms with Crippen LogP contribution in [-0.4, -0.2) is 68.5 Å². The van der Waals surface area contributed by atoms with E-state index in [9.17, 15) is 19.4 Å². The van der Waals surface area contributed by atoms with E-state index in [-0.39, 0.29) is 12.5 Å². The SMILES string of the molecule is CCCCCCCCCCCCC/C=C/CC/C=C/CC/C=C/C(O)C(COP(=O)([O-])OCC[N+](C)(C)C)NC(=O)CCCCC. The van der Waals surface area contributed by atoms with E-state index in [1.807, 2.05) is 27.2 Å². The summed E-state index contributed by atoms with van der Waals surface area (Å²) in [5, 5.41) is 13.5. The maximum atomic E-state index is 12.4. The Hall–Kier alpha value is -1.28. The van der Waals surface area contributed by atoms with E-state index >= 15 is 0 Å². The third-order valence-corrected chi connectivity index (χ3v) is 8.79. The van der Waals surface area contributed by atoms with Gasteiger partial charge < -0.3 is 28.8 Å². The van der Waals surface area contributed by atoms with Crippen LogP contribution in [0.4, 0.5) is 0 Å². The van der Waals surface area contributed by atoms with Crippen molar-refractivity contribution in [2.75, 3.05) is 40.9 Å². The number of allylic oxidation sites excluding steroid dienone is 5. The van der Waals surface area contributed by atoms with Gasteiger partial charge in [0.25, 0.3) is 7.82 Å². The molecule has 9 heteroatoms. The summed E-state index contributed by atoms with van der Waals surface area (Å²) in [6.45, 7) is 4.41. The number of phosphoric acid groups is 1. The molecule has 0 heterocycles. The van der Waals surface area contributed by atoms with Crippen molar-refractivity contribution in [3.05, 3.63) is 36.5 Å². The Labute approximate surface area is 283 Å². The maximum Gasteiger partial charge on any atom is 0.268 e. The minimum absolute atomic E-state index is 0.00990. The lowest BCUT2D eigenvalue weighted by Crippen LogP contribution is -2.45. The molecule has 8 nitrogen and oxygen atoms in total. The van der Waals surface area contributed by atoms with Gasteiger partial charge in [-0.25, -0.2) is 0 Å².